The predicted octanol–water partition coefficient (Wildman–Crippen LogP) is 4.79. The Balaban J connectivity index is 1.77. The predicted molar refractivity (Wildman–Crippen MR) is 100 cm³/mol. The van der Waals surface area contributed by atoms with Gasteiger partial charge in [-0.1, -0.05) is 28.1 Å². The topological polar surface area (TPSA) is 38.8 Å². The average molecular weight is 398 g/mol. The lowest BCUT2D eigenvalue weighted by atomic mass is 10.1. The van der Waals surface area contributed by atoms with E-state index in [2.05, 4.69) is 28.1 Å². The van der Waals surface area contributed by atoms with Crippen molar-refractivity contribution >= 4 is 22.0 Å². The van der Waals surface area contributed by atoms with E-state index in [0.29, 0.717) is 13.1 Å². The van der Waals surface area contributed by atoms with Gasteiger partial charge in [-0.2, -0.15) is 0 Å². The smallest absolute Gasteiger partial charge is 0.410 e. The SMILES string of the molecule is CC(C)(C)OC(=O)N1CCC(Oc2ccc(CCCBr)cc2)CC1. The van der Waals surface area contributed by atoms with Gasteiger partial charge in [-0.3, -0.25) is 0 Å². The summed E-state index contributed by atoms with van der Waals surface area (Å²) >= 11 is 3.46. The molecule has 0 aliphatic carbocycles. The molecule has 0 bridgehead atoms. The van der Waals surface area contributed by atoms with Crippen LogP contribution in [0.3, 0.4) is 0 Å². The number of amides is 1. The molecule has 1 amide bonds. The molecule has 1 heterocycles. The summed E-state index contributed by atoms with van der Waals surface area (Å²) in [6.45, 7) is 7.04. The first-order chi connectivity index (χ1) is 11.4. The van der Waals surface area contributed by atoms with E-state index in [0.717, 1.165) is 36.8 Å². The number of alkyl halides is 1. The second kappa shape index (κ2) is 8.75. The molecule has 5 heteroatoms. The number of carbonyl (C=O) groups is 1. The van der Waals surface area contributed by atoms with Crippen LogP contribution in [0.4, 0.5) is 4.79 Å². The minimum Gasteiger partial charge on any atom is -0.490 e. The molecule has 4 nitrogen and oxygen atoms in total. The van der Waals surface area contributed by atoms with E-state index >= 15 is 0 Å². The van der Waals surface area contributed by atoms with Gasteiger partial charge in [0.2, 0.25) is 0 Å². The number of rotatable bonds is 5. The molecule has 1 aliphatic heterocycles. The Bertz CT molecular complexity index is 516. The molecule has 2 rings (SSSR count). The molecule has 1 fully saturated rings. The van der Waals surface area contributed by atoms with E-state index in [1.807, 2.05) is 32.9 Å². The molecule has 1 aromatic rings. The standard InChI is InChI=1S/C19H28BrNO3/c1-19(2,3)24-18(22)21-13-10-17(11-14-21)23-16-8-6-15(7-9-16)5-4-12-20/h6-9,17H,4-5,10-14H2,1-3H3. The highest BCUT2D eigenvalue weighted by Crippen LogP contribution is 2.21. The van der Waals surface area contributed by atoms with Crippen LogP contribution in [0.5, 0.6) is 5.75 Å². The first kappa shape index (κ1) is 19.1. The van der Waals surface area contributed by atoms with Crippen molar-refractivity contribution in [2.24, 2.45) is 0 Å². The quantitative estimate of drug-likeness (QED) is 0.670. The number of carbonyl (C=O) groups excluding carboxylic acids is 1. The summed E-state index contributed by atoms with van der Waals surface area (Å²) in [4.78, 5) is 13.8. The Kier molecular flexibility index (Phi) is 6.96. The molecule has 0 unspecified atom stereocenters. The van der Waals surface area contributed by atoms with Gasteiger partial charge in [-0.25, -0.2) is 4.79 Å². The van der Waals surface area contributed by atoms with Gasteiger partial charge in [-0.05, 0) is 51.3 Å². The summed E-state index contributed by atoms with van der Waals surface area (Å²) in [5, 5.41) is 1.03. The third-order valence-corrected chi connectivity index (χ3v) is 4.48. The fourth-order valence-corrected chi connectivity index (χ4v) is 2.96. The van der Waals surface area contributed by atoms with Crippen molar-refractivity contribution < 1.29 is 14.3 Å². The molecule has 24 heavy (non-hydrogen) atoms. The highest BCUT2D eigenvalue weighted by molar-refractivity contribution is 9.09. The summed E-state index contributed by atoms with van der Waals surface area (Å²) in [5.41, 5.74) is 0.891. The van der Waals surface area contributed by atoms with E-state index in [4.69, 9.17) is 9.47 Å². The first-order valence-corrected chi connectivity index (χ1v) is 9.79. The van der Waals surface area contributed by atoms with E-state index in [-0.39, 0.29) is 12.2 Å². The Labute approximate surface area is 153 Å². The second-order valence-electron chi connectivity index (χ2n) is 7.22. The van der Waals surface area contributed by atoms with Gasteiger partial charge >= 0.3 is 6.09 Å². The molecule has 1 aromatic carbocycles. The minimum absolute atomic E-state index is 0.164. The van der Waals surface area contributed by atoms with Gasteiger partial charge in [0.1, 0.15) is 17.5 Å². The van der Waals surface area contributed by atoms with Gasteiger partial charge in [0.05, 0.1) is 0 Å². The van der Waals surface area contributed by atoms with Crippen molar-refractivity contribution in [1.29, 1.82) is 0 Å². The maximum absolute atomic E-state index is 12.1. The summed E-state index contributed by atoms with van der Waals surface area (Å²) in [6.07, 6.45) is 3.84. The number of likely N-dealkylation sites (tertiary alicyclic amines) is 1. The summed E-state index contributed by atoms with van der Waals surface area (Å²) in [5.74, 6) is 0.910. The third kappa shape index (κ3) is 6.34. The Hall–Kier alpha value is -1.23. The monoisotopic (exact) mass is 397 g/mol. The molecule has 1 aliphatic rings. The van der Waals surface area contributed by atoms with Crippen molar-refractivity contribution in [2.45, 2.75) is 58.2 Å². The van der Waals surface area contributed by atoms with Crippen LogP contribution in [0.15, 0.2) is 24.3 Å². The van der Waals surface area contributed by atoms with E-state index in [9.17, 15) is 4.79 Å². The fraction of sp³-hybridized carbons (Fsp3) is 0.632. The number of nitrogens with zero attached hydrogens (tertiary/aromatic N) is 1. The lowest BCUT2D eigenvalue weighted by Crippen LogP contribution is -2.44. The van der Waals surface area contributed by atoms with Crippen molar-refractivity contribution in [1.82, 2.24) is 4.90 Å². The minimum atomic E-state index is -0.443. The van der Waals surface area contributed by atoms with Crippen LogP contribution in [0, 0.1) is 0 Å². The molecule has 0 aromatic heterocycles. The van der Waals surface area contributed by atoms with Gasteiger partial charge in [-0.15, -0.1) is 0 Å². The highest BCUT2D eigenvalue weighted by atomic mass is 79.9. The third-order valence-electron chi connectivity index (χ3n) is 3.92. The average Bonchev–Trinajstić information content (AvgIpc) is 2.53. The zero-order valence-electron chi connectivity index (χ0n) is 14.9. The molecular weight excluding hydrogens is 370 g/mol. The van der Waals surface area contributed by atoms with Crippen LogP contribution in [-0.4, -0.2) is 41.1 Å². The van der Waals surface area contributed by atoms with Crippen LogP contribution in [0.1, 0.15) is 45.6 Å². The first-order valence-electron chi connectivity index (χ1n) is 8.67. The summed E-state index contributed by atoms with van der Waals surface area (Å²) in [7, 11) is 0. The Morgan fingerprint density at radius 1 is 1.21 bits per heavy atom. The zero-order chi connectivity index (χ0) is 17.6. The number of hydrogen-bond donors (Lipinski definition) is 0. The Morgan fingerprint density at radius 3 is 2.38 bits per heavy atom. The summed E-state index contributed by atoms with van der Waals surface area (Å²) < 4.78 is 11.5. The van der Waals surface area contributed by atoms with E-state index < -0.39 is 5.60 Å². The maximum Gasteiger partial charge on any atom is 0.410 e. The van der Waals surface area contributed by atoms with Crippen molar-refractivity contribution in [3.63, 3.8) is 0 Å². The van der Waals surface area contributed by atoms with Crippen molar-refractivity contribution in [3.05, 3.63) is 29.8 Å². The van der Waals surface area contributed by atoms with Crippen LogP contribution < -0.4 is 4.74 Å². The van der Waals surface area contributed by atoms with Crippen LogP contribution in [0.25, 0.3) is 0 Å². The van der Waals surface area contributed by atoms with Crippen molar-refractivity contribution in [2.75, 3.05) is 18.4 Å². The maximum atomic E-state index is 12.1. The largest absolute Gasteiger partial charge is 0.490 e. The normalized spacial score (nSPS) is 16.1. The van der Waals surface area contributed by atoms with Gasteiger partial charge in [0.25, 0.3) is 0 Å². The lowest BCUT2D eigenvalue weighted by molar-refractivity contribution is 0.0126. The lowest BCUT2D eigenvalue weighted by Gasteiger charge is -2.33. The fourth-order valence-electron chi connectivity index (χ4n) is 2.68. The molecule has 0 N–H and O–H groups in total. The highest BCUT2D eigenvalue weighted by Gasteiger charge is 2.27. The van der Waals surface area contributed by atoms with Crippen LogP contribution >= 0.6 is 15.9 Å². The Morgan fingerprint density at radius 2 is 1.83 bits per heavy atom. The molecule has 134 valence electrons. The molecule has 0 spiro atoms. The van der Waals surface area contributed by atoms with Crippen molar-refractivity contribution in [3.8, 4) is 5.75 Å². The molecule has 0 radical (unpaired) electrons. The molecule has 1 saturated heterocycles. The number of aryl methyl sites for hydroxylation is 1. The molecule has 0 saturated carbocycles. The number of ether oxygens (including phenoxy) is 2. The zero-order valence-corrected chi connectivity index (χ0v) is 16.5. The van der Waals surface area contributed by atoms with Crippen LogP contribution in [-0.2, 0) is 11.2 Å². The van der Waals surface area contributed by atoms with Crippen LogP contribution in [0.2, 0.25) is 0 Å². The number of halogens is 1. The van der Waals surface area contributed by atoms with Gasteiger partial charge in [0, 0.05) is 31.3 Å². The summed E-state index contributed by atoms with van der Waals surface area (Å²) in [6, 6.07) is 8.36. The number of benzene rings is 1. The van der Waals surface area contributed by atoms with E-state index in [1.165, 1.54) is 5.56 Å². The number of piperidine rings is 1. The second-order valence-corrected chi connectivity index (χ2v) is 8.01. The van der Waals surface area contributed by atoms with Gasteiger partial charge in [0.15, 0.2) is 0 Å². The molecular formula is C19H28BrNO3. The molecule has 0 atom stereocenters. The van der Waals surface area contributed by atoms with Gasteiger partial charge < -0.3 is 14.4 Å². The number of hydrogen-bond acceptors (Lipinski definition) is 3. The van der Waals surface area contributed by atoms with E-state index in [1.54, 1.807) is 4.90 Å².